The smallest absolute Gasteiger partial charge is 0.167 e. The van der Waals surface area contributed by atoms with E-state index in [-0.39, 0.29) is 0 Å². The lowest BCUT2D eigenvalue weighted by Crippen LogP contribution is -2.17. The summed E-state index contributed by atoms with van der Waals surface area (Å²) in [6.45, 7) is 0.714. The van der Waals surface area contributed by atoms with Crippen LogP contribution < -0.4 is 5.73 Å². The second-order valence-corrected chi connectivity index (χ2v) is 4.73. The highest BCUT2D eigenvalue weighted by Gasteiger charge is 2.05. The van der Waals surface area contributed by atoms with Gasteiger partial charge in [-0.3, -0.25) is 0 Å². The minimum atomic E-state index is 0.319. The maximum absolute atomic E-state index is 5.58. The molecule has 0 unspecified atom stereocenters. The van der Waals surface area contributed by atoms with Crippen molar-refractivity contribution in [3.05, 3.63) is 52.5 Å². The summed E-state index contributed by atoms with van der Waals surface area (Å²) in [6, 6.07) is 8.10. The van der Waals surface area contributed by atoms with Gasteiger partial charge in [0.05, 0.1) is 0 Å². The van der Waals surface area contributed by atoms with Gasteiger partial charge in [0.2, 0.25) is 0 Å². The quantitative estimate of drug-likeness (QED) is 0.884. The van der Waals surface area contributed by atoms with Crippen molar-refractivity contribution in [3.8, 4) is 0 Å². The van der Waals surface area contributed by atoms with Crippen molar-refractivity contribution in [1.82, 2.24) is 9.55 Å². The molecule has 0 radical (unpaired) electrons. The van der Waals surface area contributed by atoms with Crippen molar-refractivity contribution < 1.29 is 0 Å². The number of thiocarbonyl (C=S) groups is 1. The van der Waals surface area contributed by atoms with Crippen molar-refractivity contribution in [2.45, 2.75) is 6.54 Å². The SMILES string of the molecule is NC(=S)c1nccn1Cc1cccc(Br)c1. The van der Waals surface area contributed by atoms with Crippen LogP contribution in [0.15, 0.2) is 41.1 Å². The van der Waals surface area contributed by atoms with Gasteiger partial charge in [-0.1, -0.05) is 40.3 Å². The molecular weight excluding hydrogens is 286 g/mol. The zero-order chi connectivity index (χ0) is 11.5. The largest absolute Gasteiger partial charge is 0.387 e. The van der Waals surface area contributed by atoms with E-state index >= 15 is 0 Å². The minimum Gasteiger partial charge on any atom is -0.387 e. The van der Waals surface area contributed by atoms with E-state index in [2.05, 4.69) is 27.0 Å². The Balaban J connectivity index is 2.27. The Hall–Kier alpha value is -1.20. The van der Waals surface area contributed by atoms with E-state index in [0.717, 1.165) is 4.47 Å². The lowest BCUT2D eigenvalue weighted by atomic mass is 10.2. The molecule has 3 nitrogen and oxygen atoms in total. The van der Waals surface area contributed by atoms with Crippen LogP contribution in [0.4, 0.5) is 0 Å². The van der Waals surface area contributed by atoms with Crippen LogP contribution in [0.1, 0.15) is 11.4 Å². The molecule has 1 aromatic heterocycles. The van der Waals surface area contributed by atoms with Crippen LogP contribution in [0.25, 0.3) is 0 Å². The summed E-state index contributed by atoms with van der Waals surface area (Å²) in [5.74, 6) is 0.648. The number of benzene rings is 1. The predicted molar refractivity (Wildman–Crippen MR) is 71.4 cm³/mol. The highest BCUT2D eigenvalue weighted by Crippen LogP contribution is 2.13. The van der Waals surface area contributed by atoms with E-state index in [1.807, 2.05) is 29.0 Å². The number of hydrogen-bond acceptors (Lipinski definition) is 2. The Bertz CT molecular complexity index is 521. The second-order valence-electron chi connectivity index (χ2n) is 3.37. The molecule has 0 aliphatic rings. The van der Waals surface area contributed by atoms with Crippen molar-refractivity contribution >= 4 is 33.1 Å². The molecule has 2 aromatic rings. The van der Waals surface area contributed by atoms with Crippen LogP contribution in [-0.2, 0) is 6.54 Å². The molecule has 16 heavy (non-hydrogen) atoms. The maximum Gasteiger partial charge on any atom is 0.167 e. The van der Waals surface area contributed by atoms with Gasteiger partial charge >= 0.3 is 0 Å². The molecule has 0 amide bonds. The highest BCUT2D eigenvalue weighted by atomic mass is 79.9. The Morgan fingerprint density at radius 1 is 1.50 bits per heavy atom. The molecule has 0 aliphatic carbocycles. The third-order valence-electron chi connectivity index (χ3n) is 2.18. The van der Waals surface area contributed by atoms with Crippen molar-refractivity contribution in [2.24, 2.45) is 5.73 Å². The van der Waals surface area contributed by atoms with E-state index in [9.17, 15) is 0 Å². The van der Waals surface area contributed by atoms with E-state index in [1.54, 1.807) is 6.20 Å². The van der Waals surface area contributed by atoms with Crippen LogP contribution in [0.5, 0.6) is 0 Å². The molecule has 0 fully saturated rings. The van der Waals surface area contributed by atoms with Crippen molar-refractivity contribution in [2.75, 3.05) is 0 Å². The van der Waals surface area contributed by atoms with Crippen LogP contribution in [0.3, 0.4) is 0 Å². The molecule has 0 aliphatic heterocycles. The van der Waals surface area contributed by atoms with E-state index in [0.29, 0.717) is 17.4 Å². The number of rotatable bonds is 3. The fraction of sp³-hybridized carbons (Fsp3) is 0.0909. The molecule has 0 bridgehead atoms. The number of nitrogens with two attached hydrogens (primary N) is 1. The van der Waals surface area contributed by atoms with Gasteiger partial charge in [-0.25, -0.2) is 4.98 Å². The standard InChI is InChI=1S/C11H10BrN3S/c12-9-3-1-2-8(6-9)7-15-5-4-14-11(15)10(13)16/h1-6H,7H2,(H2,13,16). The van der Waals surface area contributed by atoms with Crippen LogP contribution >= 0.6 is 28.1 Å². The Morgan fingerprint density at radius 3 is 3.00 bits per heavy atom. The lowest BCUT2D eigenvalue weighted by molar-refractivity contribution is 0.788. The van der Waals surface area contributed by atoms with E-state index in [4.69, 9.17) is 18.0 Å². The first-order valence-corrected chi connectivity index (χ1v) is 5.92. The third-order valence-corrected chi connectivity index (χ3v) is 2.85. The molecule has 0 spiro atoms. The lowest BCUT2D eigenvalue weighted by Gasteiger charge is -2.06. The first-order chi connectivity index (χ1) is 7.66. The number of halogens is 1. The van der Waals surface area contributed by atoms with Gasteiger partial charge in [0.15, 0.2) is 5.82 Å². The molecule has 0 saturated carbocycles. The summed E-state index contributed by atoms with van der Waals surface area (Å²) >= 11 is 8.37. The van der Waals surface area contributed by atoms with Gasteiger partial charge in [0.1, 0.15) is 4.99 Å². The van der Waals surface area contributed by atoms with Gasteiger partial charge < -0.3 is 10.3 Å². The summed E-state index contributed by atoms with van der Waals surface area (Å²) in [7, 11) is 0. The van der Waals surface area contributed by atoms with Gasteiger partial charge in [-0.2, -0.15) is 0 Å². The molecule has 1 aromatic carbocycles. The zero-order valence-corrected chi connectivity index (χ0v) is 10.8. The van der Waals surface area contributed by atoms with Gasteiger partial charge in [0.25, 0.3) is 0 Å². The van der Waals surface area contributed by atoms with Gasteiger partial charge in [-0.15, -0.1) is 0 Å². The minimum absolute atomic E-state index is 0.319. The number of imidazole rings is 1. The third kappa shape index (κ3) is 2.48. The second kappa shape index (κ2) is 4.76. The van der Waals surface area contributed by atoms with E-state index < -0.39 is 0 Å². The number of hydrogen-bond donors (Lipinski definition) is 1. The van der Waals surface area contributed by atoms with Gasteiger partial charge in [-0.05, 0) is 17.7 Å². The summed E-state index contributed by atoms with van der Waals surface area (Å²) in [5, 5.41) is 0. The highest BCUT2D eigenvalue weighted by molar-refractivity contribution is 9.10. The normalized spacial score (nSPS) is 10.3. The Morgan fingerprint density at radius 2 is 2.31 bits per heavy atom. The summed E-state index contributed by atoms with van der Waals surface area (Å²) in [4.78, 5) is 4.44. The first kappa shape index (κ1) is 11.3. The molecule has 0 atom stereocenters. The molecule has 82 valence electrons. The summed E-state index contributed by atoms with van der Waals surface area (Å²) in [6.07, 6.45) is 3.57. The molecular formula is C11H10BrN3S. The predicted octanol–water partition coefficient (Wildman–Crippen LogP) is 2.33. The first-order valence-electron chi connectivity index (χ1n) is 4.72. The fourth-order valence-corrected chi connectivity index (χ4v) is 2.11. The topological polar surface area (TPSA) is 43.8 Å². The van der Waals surface area contributed by atoms with Crippen molar-refractivity contribution in [3.63, 3.8) is 0 Å². The Kier molecular flexibility index (Phi) is 3.36. The average molecular weight is 296 g/mol. The molecule has 0 saturated heterocycles. The average Bonchev–Trinajstić information content (AvgIpc) is 2.66. The number of aromatic nitrogens is 2. The van der Waals surface area contributed by atoms with Gasteiger partial charge in [0, 0.05) is 23.4 Å². The number of nitrogens with zero attached hydrogens (tertiary/aromatic N) is 2. The van der Waals surface area contributed by atoms with Crippen LogP contribution in [-0.4, -0.2) is 14.5 Å². The molecule has 2 N–H and O–H groups in total. The Labute approximate surface area is 107 Å². The fourth-order valence-electron chi connectivity index (χ4n) is 1.49. The summed E-state index contributed by atoms with van der Waals surface area (Å²) in [5.41, 5.74) is 6.75. The van der Waals surface area contributed by atoms with E-state index in [1.165, 1.54) is 5.56 Å². The molecule has 5 heteroatoms. The maximum atomic E-state index is 5.58. The van der Waals surface area contributed by atoms with Crippen molar-refractivity contribution in [1.29, 1.82) is 0 Å². The molecule has 2 rings (SSSR count). The van der Waals surface area contributed by atoms with Crippen LogP contribution in [0.2, 0.25) is 0 Å². The zero-order valence-electron chi connectivity index (χ0n) is 8.43. The van der Waals surface area contributed by atoms with Crippen LogP contribution in [0, 0.1) is 0 Å². The summed E-state index contributed by atoms with van der Waals surface area (Å²) < 4.78 is 2.99. The molecule has 1 heterocycles. The monoisotopic (exact) mass is 295 g/mol.